The molecular formula is C8H10BrZn-. The molecule has 0 fully saturated rings. The van der Waals surface area contributed by atoms with Crippen molar-refractivity contribution in [2.24, 2.45) is 0 Å². The second-order valence-electron chi connectivity index (χ2n) is 1.74. The van der Waals surface area contributed by atoms with E-state index >= 15 is 0 Å². The summed E-state index contributed by atoms with van der Waals surface area (Å²) in [5, 5.41) is 0. The second-order valence-corrected chi connectivity index (χ2v) is 1.74. The zero-order valence-electron chi connectivity index (χ0n) is 5.92. The van der Waals surface area contributed by atoms with Crippen LogP contribution in [0.4, 0.5) is 0 Å². The molecule has 0 nitrogen and oxygen atoms in total. The fraction of sp³-hybridized carbons (Fsp3) is 0.125. The van der Waals surface area contributed by atoms with Crippen LogP contribution in [0.1, 0.15) is 5.56 Å². The molecule has 0 aliphatic heterocycles. The van der Waals surface area contributed by atoms with Gasteiger partial charge in [-0.1, -0.05) is 35.9 Å². The Morgan fingerprint density at radius 2 is 1.60 bits per heavy atom. The summed E-state index contributed by atoms with van der Waals surface area (Å²) in [7, 11) is 0. The quantitative estimate of drug-likeness (QED) is 0.532. The molecule has 0 bridgehead atoms. The summed E-state index contributed by atoms with van der Waals surface area (Å²) in [6.45, 7) is 3.76. The summed E-state index contributed by atoms with van der Waals surface area (Å²) < 4.78 is 0. The van der Waals surface area contributed by atoms with Crippen LogP contribution in [0.2, 0.25) is 0 Å². The fourth-order valence-electron chi connectivity index (χ4n) is 0.645. The molecule has 0 heterocycles. The average molecular weight is 251 g/mol. The van der Waals surface area contributed by atoms with E-state index in [1.807, 2.05) is 18.2 Å². The van der Waals surface area contributed by atoms with Gasteiger partial charge in [0.25, 0.3) is 0 Å². The summed E-state index contributed by atoms with van der Waals surface area (Å²) >= 11 is 0. The molecule has 0 spiro atoms. The zero-order chi connectivity index (χ0) is 5.82. The minimum atomic E-state index is 0. The molecule has 0 unspecified atom stereocenters. The molecule has 1 aromatic rings. The molecule has 0 radical (unpaired) electrons. The van der Waals surface area contributed by atoms with Gasteiger partial charge < -0.3 is 6.92 Å². The van der Waals surface area contributed by atoms with Gasteiger partial charge in [0.2, 0.25) is 0 Å². The first-order valence-corrected chi connectivity index (χ1v) is 2.76. The minimum absolute atomic E-state index is 0. The molecule has 0 saturated carbocycles. The predicted octanol–water partition coefficient (Wildman–Crippen LogP) is 2.64. The Hall–Kier alpha value is 0.323. The molecule has 52 valence electrons. The standard InChI is InChI=1S/C8H9.BrH.Zn/c1-2-8-6-4-3-5-7-8;;/h3-7H,1-2H2;1H;/q-1;;. The number of rotatable bonds is 1. The van der Waals surface area contributed by atoms with Crippen LogP contribution >= 0.6 is 17.0 Å². The van der Waals surface area contributed by atoms with Gasteiger partial charge in [-0.15, -0.1) is 17.0 Å². The van der Waals surface area contributed by atoms with E-state index in [0.29, 0.717) is 0 Å². The van der Waals surface area contributed by atoms with E-state index in [4.69, 9.17) is 0 Å². The van der Waals surface area contributed by atoms with Gasteiger partial charge in [0.15, 0.2) is 0 Å². The third kappa shape index (κ3) is 4.19. The van der Waals surface area contributed by atoms with Gasteiger partial charge in [0, 0.05) is 19.5 Å². The molecule has 1 aromatic carbocycles. The fourth-order valence-corrected chi connectivity index (χ4v) is 0.645. The summed E-state index contributed by atoms with van der Waals surface area (Å²) in [6, 6.07) is 10.2. The summed E-state index contributed by atoms with van der Waals surface area (Å²) in [5.74, 6) is 0. The van der Waals surface area contributed by atoms with Gasteiger partial charge in [0.05, 0.1) is 0 Å². The van der Waals surface area contributed by atoms with Crippen molar-refractivity contribution in [2.75, 3.05) is 0 Å². The van der Waals surface area contributed by atoms with Crippen LogP contribution in [0.25, 0.3) is 0 Å². The maximum Gasteiger partial charge on any atom is 0 e. The Balaban J connectivity index is 0. The van der Waals surface area contributed by atoms with Crippen molar-refractivity contribution >= 4 is 17.0 Å². The molecule has 0 aliphatic rings. The van der Waals surface area contributed by atoms with Crippen LogP contribution in [0.5, 0.6) is 0 Å². The Bertz CT molecular complexity index is 151. The summed E-state index contributed by atoms with van der Waals surface area (Å²) in [5.41, 5.74) is 1.30. The van der Waals surface area contributed by atoms with Crippen LogP contribution in [0, 0.1) is 6.92 Å². The Morgan fingerprint density at radius 3 is 1.90 bits per heavy atom. The number of halogens is 1. The van der Waals surface area contributed by atoms with Crippen LogP contribution in [0.15, 0.2) is 30.3 Å². The number of benzene rings is 1. The van der Waals surface area contributed by atoms with Crippen molar-refractivity contribution in [3.63, 3.8) is 0 Å². The maximum atomic E-state index is 3.76. The molecule has 1 rings (SSSR count). The first-order chi connectivity index (χ1) is 3.93. The van der Waals surface area contributed by atoms with Gasteiger partial charge in [-0.25, -0.2) is 0 Å². The van der Waals surface area contributed by atoms with Gasteiger partial charge in [-0.2, -0.15) is 6.42 Å². The van der Waals surface area contributed by atoms with Crippen molar-refractivity contribution < 1.29 is 19.5 Å². The second kappa shape index (κ2) is 7.43. The first kappa shape index (κ1) is 13.0. The van der Waals surface area contributed by atoms with Crippen molar-refractivity contribution in [3.05, 3.63) is 42.8 Å². The van der Waals surface area contributed by atoms with E-state index in [9.17, 15) is 0 Å². The van der Waals surface area contributed by atoms with E-state index in [1.54, 1.807) is 0 Å². The van der Waals surface area contributed by atoms with Gasteiger partial charge in [0.1, 0.15) is 0 Å². The van der Waals surface area contributed by atoms with Gasteiger partial charge in [-0.3, -0.25) is 0 Å². The first-order valence-electron chi connectivity index (χ1n) is 2.76. The third-order valence-corrected chi connectivity index (χ3v) is 1.13. The Morgan fingerprint density at radius 1 is 1.10 bits per heavy atom. The average Bonchev–Trinajstić information content (AvgIpc) is 1.90. The van der Waals surface area contributed by atoms with Crippen LogP contribution in [0.3, 0.4) is 0 Å². The smallest absolute Gasteiger partial charge is 0 e. The normalized spacial score (nSPS) is 7.30. The maximum absolute atomic E-state index is 3.76. The SMILES string of the molecule is Br.[CH2-]Cc1ccccc1.[Zn]. The summed E-state index contributed by atoms with van der Waals surface area (Å²) in [4.78, 5) is 0. The number of hydrogen-bond acceptors (Lipinski definition) is 0. The van der Waals surface area contributed by atoms with Crippen molar-refractivity contribution in [1.82, 2.24) is 0 Å². The number of hydrogen-bond donors (Lipinski definition) is 0. The van der Waals surface area contributed by atoms with Crippen LogP contribution < -0.4 is 0 Å². The Labute approximate surface area is 85.6 Å². The predicted molar refractivity (Wildman–Crippen MR) is 45.8 cm³/mol. The van der Waals surface area contributed by atoms with E-state index in [2.05, 4.69) is 19.1 Å². The summed E-state index contributed by atoms with van der Waals surface area (Å²) in [6.07, 6.45) is 0.890. The topological polar surface area (TPSA) is 0 Å². The molecule has 0 atom stereocenters. The van der Waals surface area contributed by atoms with Crippen LogP contribution in [-0.4, -0.2) is 0 Å². The van der Waals surface area contributed by atoms with E-state index in [1.165, 1.54) is 5.56 Å². The minimum Gasteiger partial charge on any atom is -0.339 e. The molecule has 0 N–H and O–H groups in total. The monoisotopic (exact) mass is 249 g/mol. The Kier molecular flexibility index (Phi) is 9.62. The van der Waals surface area contributed by atoms with Crippen LogP contribution in [-0.2, 0) is 25.9 Å². The van der Waals surface area contributed by atoms with E-state index in [-0.39, 0.29) is 36.5 Å². The molecule has 10 heavy (non-hydrogen) atoms. The zero-order valence-corrected chi connectivity index (χ0v) is 10.6. The van der Waals surface area contributed by atoms with Crippen molar-refractivity contribution in [1.29, 1.82) is 0 Å². The largest absolute Gasteiger partial charge is 0.339 e. The molecule has 0 amide bonds. The van der Waals surface area contributed by atoms with E-state index in [0.717, 1.165) is 6.42 Å². The van der Waals surface area contributed by atoms with Crippen molar-refractivity contribution in [2.45, 2.75) is 6.42 Å². The molecular weight excluding hydrogens is 241 g/mol. The van der Waals surface area contributed by atoms with E-state index < -0.39 is 0 Å². The molecule has 2 heteroatoms. The molecule has 0 aromatic heterocycles. The van der Waals surface area contributed by atoms with Crippen molar-refractivity contribution in [3.8, 4) is 0 Å². The molecule has 0 aliphatic carbocycles. The van der Waals surface area contributed by atoms with Gasteiger partial charge >= 0.3 is 0 Å². The van der Waals surface area contributed by atoms with Gasteiger partial charge in [-0.05, 0) is 0 Å². The third-order valence-electron chi connectivity index (χ3n) is 1.13. The molecule has 0 saturated heterocycles.